The van der Waals surface area contributed by atoms with E-state index in [2.05, 4.69) is 53.8 Å². The molecule has 0 aromatic heterocycles. The lowest BCUT2D eigenvalue weighted by Crippen LogP contribution is -2.46. The molecule has 1 aromatic rings. The van der Waals surface area contributed by atoms with Gasteiger partial charge in [0.05, 0.1) is 25.9 Å². The molecule has 0 N–H and O–H groups in total. The Balaban J connectivity index is 1.70. The zero-order valence-corrected chi connectivity index (χ0v) is 24.4. The van der Waals surface area contributed by atoms with E-state index in [0.717, 1.165) is 24.8 Å². The smallest absolute Gasteiger partial charge is 0.410 e. The van der Waals surface area contributed by atoms with Gasteiger partial charge in [0.2, 0.25) is 0 Å². The Labute approximate surface area is 219 Å². The molecule has 2 aliphatic heterocycles. The highest BCUT2D eigenvalue weighted by atomic mass is 28.4. The van der Waals surface area contributed by atoms with Gasteiger partial charge in [-0.1, -0.05) is 76.6 Å². The first-order chi connectivity index (χ1) is 16.9. The number of hydrogen-bond acceptors (Lipinski definition) is 5. The topological polar surface area (TPSA) is 57.2 Å². The fourth-order valence-corrected chi connectivity index (χ4v) is 5.67. The highest BCUT2D eigenvalue weighted by Gasteiger charge is 2.39. The minimum atomic E-state index is -1.95. The molecule has 0 bridgehead atoms. The Morgan fingerprint density at radius 2 is 1.81 bits per heavy atom. The second kappa shape index (κ2) is 12.7. The largest absolute Gasteiger partial charge is 0.445 e. The number of benzene rings is 1. The van der Waals surface area contributed by atoms with Crippen molar-refractivity contribution in [2.45, 2.75) is 91.0 Å². The molecule has 1 amide bonds. The molecule has 0 spiro atoms. The first-order valence-corrected chi connectivity index (χ1v) is 16.4. The Morgan fingerprint density at radius 1 is 1.14 bits per heavy atom. The van der Waals surface area contributed by atoms with Gasteiger partial charge in [-0.3, -0.25) is 4.90 Å². The second-order valence-corrected chi connectivity index (χ2v) is 17.0. The van der Waals surface area contributed by atoms with Crippen LogP contribution in [0, 0.1) is 11.8 Å². The van der Waals surface area contributed by atoms with Gasteiger partial charge in [0.1, 0.15) is 6.61 Å². The summed E-state index contributed by atoms with van der Waals surface area (Å²) in [5.41, 5.74) is 2.26. The van der Waals surface area contributed by atoms with Crippen molar-refractivity contribution < 1.29 is 23.4 Å². The van der Waals surface area contributed by atoms with Crippen molar-refractivity contribution in [3.8, 4) is 0 Å². The molecule has 6 nitrogen and oxygen atoms in total. The van der Waals surface area contributed by atoms with Gasteiger partial charge in [-0.05, 0) is 48.4 Å². The highest BCUT2D eigenvalue weighted by molar-refractivity contribution is 6.74. The SMILES string of the molecule is CC(C)C[C@@H](CC1=C[C@@H](CO[Si](C)(C)C(C)(C)C)N(C(=O)OCc2ccccc2)C1)CC1OCCO1. The van der Waals surface area contributed by atoms with Crippen LogP contribution >= 0.6 is 0 Å². The number of nitrogens with zero attached hydrogens (tertiary/aromatic N) is 1. The van der Waals surface area contributed by atoms with E-state index in [-0.39, 0.29) is 30.1 Å². The summed E-state index contributed by atoms with van der Waals surface area (Å²) in [7, 11) is -1.95. The van der Waals surface area contributed by atoms with Crippen molar-refractivity contribution >= 4 is 14.4 Å². The third-order valence-electron chi connectivity index (χ3n) is 7.63. The Morgan fingerprint density at radius 3 is 2.42 bits per heavy atom. The molecule has 36 heavy (non-hydrogen) atoms. The van der Waals surface area contributed by atoms with E-state index in [1.165, 1.54) is 5.57 Å². The number of amides is 1. The third kappa shape index (κ3) is 8.44. The molecule has 1 fully saturated rings. The summed E-state index contributed by atoms with van der Waals surface area (Å²) in [6.45, 7) is 18.5. The lowest BCUT2D eigenvalue weighted by molar-refractivity contribution is -0.0583. The Kier molecular flexibility index (Phi) is 10.2. The van der Waals surface area contributed by atoms with Crippen LogP contribution in [-0.2, 0) is 25.2 Å². The lowest BCUT2D eigenvalue weighted by atomic mass is 9.88. The van der Waals surface area contributed by atoms with Crippen molar-refractivity contribution in [3.63, 3.8) is 0 Å². The van der Waals surface area contributed by atoms with Gasteiger partial charge in [0.15, 0.2) is 14.6 Å². The van der Waals surface area contributed by atoms with E-state index >= 15 is 0 Å². The van der Waals surface area contributed by atoms with Crippen LogP contribution in [0.4, 0.5) is 4.79 Å². The van der Waals surface area contributed by atoms with Crippen molar-refractivity contribution in [1.29, 1.82) is 0 Å². The van der Waals surface area contributed by atoms with Gasteiger partial charge >= 0.3 is 6.09 Å². The van der Waals surface area contributed by atoms with Crippen molar-refractivity contribution in [1.82, 2.24) is 4.90 Å². The molecule has 0 saturated carbocycles. The molecule has 2 atom stereocenters. The van der Waals surface area contributed by atoms with Crippen molar-refractivity contribution in [3.05, 3.63) is 47.5 Å². The van der Waals surface area contributed by atoms with Gasteiger partial charge in [0.25, 0.3) is 0 Å². The van der Waals surface area contributed by atoms with Crippen LogP contribution in [0.3, 0.4) is 0 Å². The van der Waals surface area contributed by atoms with E-state index in [1.54, 1.807) is 0 Å². The number of carbonyl (C=O) groups is 1. The van der Waals surface area contributed by atoms with Gasteiger partial charge in [-0.25, -0.2) is 4.79 Å². The molecule has 2 aliphatic rings. The fourth-order valence-electron chi connectivity index (χ4n) is 4.65. The first-order valence-electron chi connectivity index (χ1n) is 13.5. The van der Waals surface area contributed by atoms with Crippen LogP contribution in [0.5, 0.6) is 0 Å². The minimum absolute atomic E-state index is 0.111. The van der Waals surface area contributed by atoms with Crippen LogP contribution in [0.15, 0.2) is 42.0 Å². The molecule has 202 valence electrons. The van der Waals surface area contributed by atoms with Crippen LogP contribution in [0.25, 0.3) is 0 Å². The second-order valence-electron chi connectivity index (χ2n) is 12.2. The molecule has 0 radical (unpaired) electrons. The fraction of sp³-hybridized carbons (Fsp3) is 0.690. The quantitative estimate of drug-likeness (QED) is 0.239. The predicted molar refractivity (Wildman–Crippen MR) is 146 cm³/mol. The number of hydrogen-bond donors (Lipinski definition) is 0. The molecule has 0 unspecified atom stereocenters. The van der Waals surface area contributed by atoms with Gasteiger partial charge < -0.3 is 18.6 Å². The summed E-state index contributed by atoms with van der Waals surface area (Å²) in [4.78, 5) is 15.1. The van der Waals surface area contributed by atoms with E-state index in [9.17, 15) is 4.79 Å². The zero-order chi connectivity index (χ0) is 26.3. The summed E-state index contributed by atoms with van der Waals surface area (Å²) < 4.78 is 23.8. The van der Waals surface area contributed by atoms with Crippen LogP contribution in [0.1, 0.15) is 59.4 Å². The Bertz CT molecular complexity index is 858. The van der Waals surface area contributed by atoms with Gasteiger partial charge in [-0.2, -0.15) is 0 Å². The minimum Gasteiger partial charge on any atom is -0.445 e. The van der Waals surface area contributed by atoms with Gasteiger partial charge in [-0.15, -0.1) is 0 Å². The third-order valence-corrected chi connectivity index (χ3v) is 12.1. The number of rotatable bonds is 11. The zero-order valence-electron chi connectivity index (χ0n) is 23.4. The van der Waals surface area contributed by atoms with E-state index < -0.39 is 8.32 Å². The van der Waals surface area contributed by atoms with Crippen LogP contribution in [0.2, 0.25) is 18.1 Å². The summed E-state index contributed by atoms with van der Waals surface area (Å²) in [5, 5.41) is 0.112. The molecule has 1 saturated heterocycles. The first kappa shape index (κ1) is 28.9. The number of carbonyl (C=O) groups excluding carboxylic acids is 1. The maximum Gasteiger partial charge on any atom is 0.410 e. The van der Waals surface area contributed by atoms with Crippen LogP contribution < -0.4 is 0 Å². The van der Waals surface area contributed by atoms with E-state index in [1.807, 2.05) is 35.2 Å². The summed E-state index contributed by atoms with van der Waals surface area (Å²) in [6.07, 6.45) is 4.78. The standard InChI is InChI=1S/C29H47NO5Si/c1-22(2)15-24(18-27-32-13-14-33-27)16-25-17-26(21-35-36(6,7)29(3,4)5)30(19-25)28(31)34-20-23-11-9-8-10-12-23/h8-12,17,22,24,26-27H,13-16,18-21H2,1-7H3/t24-,26-/m0/s1. The predicted octanol–water partition coefficient (Wildman–Crippen LogP) is 6.77. The normalized spacial score (nSPS) is 20.2. The molecule has 1 aromatic carbocycles. The number of ether oxygens (including phenoxy) is 3. The van der Waals surface area contributed by atoms with E-state index in [0.29, 0.717) is 38.2 Å². The average Bonchev–Trinajstić information content (AvgIpc) is 3.45. The molecule has 7 heteroatoms. The molecule has 3 rings (SSSR count). The monoisotopic (exact) mass is 517 g/mol. The maximum atomic E-state index is 13.2. The maximum absolute atomic E-state index is 13.2. The summed E-state index contributed by atoms with van der Waals surface area (Å²) in [6, 6.07) is 9.72. The van der Waals surface area contributed by atoms with Gasteiger partial charge in [0, 0.05) is 13.0 Å². The molecular formula is C29H47NO5Si. The van der Waals surface area contributed by atoms with E-state index in [4.69, 9.17) is 18.6 Å². The highest BCUT2D eigenvalue weighted by Crippen LogP contribution is 2.37. The molecule has 0 aliphatic carbocycles. The summed E-state index contributed by atoms with van der Waals surface area (Å²) in [5.74, 6) is 1.03. The Hall–Kier alpha value is -1.67. The van der Waals surface area contributed by atoms with Crippen molar-refractivity contribution in [2.24, 2.45) is 11.8 Å². The summed E-state index contributed by atoms with van der Waals surface area (Å²) >= 11 is 0. The van der Waals surface area contributed by atoms with Crippen molar-refractivity contribution in [2.75, 3.05) is 26.4 Å². The average molecular weight is 518 g/mol. The molecular weight excluding hydrogens is 470 g/mol. The molecule has 2 heterocycles. The van der Waals surface area contributed by atoms with Crippen LogP contribution in [-0.4, -0.2) is 58.0 Å². The lowest BCUT2D eigenvalue weighted by Gasteiger charge is -2.37.